The molecule has 1 aromatic heterocycles. The van der Waals surface area contributed by atoms with Gasteiger partial charge in [-0.2, -0.15) is 11.8 Å². The van der Waals surface area contributed by atoms with E-state index in [4.69, 9.17) is 0 Å². The number of rotatable bonds is 1. The summed E-state index contributed by atoms with van der Waals surface area (Å²) >= 11 is 1.94. The van der Waals surface area contributed by atoms with Crippen molar-refractivity contribution in [3.05, 3.63) is 17.6 Å². The van der Waals surface area contributed by atoms with Gasteiger partial charge in [-0.15, -0.1) is 0 Å². The molecule has 0 atom stereocenters. The van der Waals surface area contributed by atoms with E-state index in [1.807, 2.05) is 11.8 Å². The Labute approximate surface area is 100 Å². The van der Waals surface area contributed by atoms with Crippen LogP contribution in [0.1, 0.15) is 11.3 Å². The second kappa shape index (κ2) is 4.22. The Morgan fingerprint density at radius 2 is 1.94 bits per heavy atom. The van der Waals surface area contributed by atoms with Crippen molar-refractivity contribution in [1.29, 1.82) is 0 Å². The van der Waals surface area contributed by atoms with Gasteiger partial charge in [-0.25, -0.2) is 9.97 Å². The number of fused-ring (bicyclic) bond motifs is 1. The highest BCUT2D eigenvalue weighted by Gasteiger charge is 2.23. The molecule has 86 valence electrons. The number of piperazine rings is 1. The number of aromatic nitrogens is 2. The lowest BCUT2D eigenvalue weighted by molar-refractivity contribution is 0.312. The largest absolute Gasteiger partial charge is 0.354 e. The molecule has 0 N–H and O–H groups in total. The molecule has 0 aromatic carbocycles. The van der Waals surface area contributed by atoms with Crippen LogP contribution >= 0.6 is 11.8 Å². The first-order valence-electron chi connectivity index (χ1n) is 5.68. The maximum absolute atomic E-state index is 4.48. The van der Waals surface area contributed by atoms with E-state index in [0.29, 0.717) is 0 Å². The Bertz CT molecular complexity index is 388. The molecule has 0 radical (unpaired) electrons. The van der Waals surface area contributed by atoms with Gasteiger partial charge in [0.25, 0.3) is 0 Å². The van der Waals surface area contributed by atoms with Gasteiger partial charge in [-0.1, -0.05) is 0 Å². The summed E-state index contributed by atoms with van der Waals surface area (Å²) in [5.41, 5.74) is 2.62. The third kappa shape index (κ3) is 1.78. The molecule has 1 aromatic rings. The van der Waals surface area contributed by atoms with Crippen LogP contribution < -0.4 is 4.90 Å². The Morgan fingerprint density at radius 1 is 1.12 bits per heavy atom. The minimum atomic E-state index is 1.05. The van der Waals surface area contributed by atoms with Crippen molar-refractivity contribution in [3.63, 3.8) is 0 Å². The number of anilines is 1. The summed E-state index contributed by atoms with van der Waals surface area (Å²) in [6.07, 6.45) is 1.72. The smallest absolute Gasteiger partial charge is 0.136 e. The zero-order valence-corrected chi connectivity index (χ0v) is 10.3. The molecule has 2 aliphatic heterocycles. The number of nitrogens with zero attached hydrogens (tertiary/aromatic N) is 4. The molecule has 0 unspecified atom stereocenters. The van der Waals surface area contributed by atoms with Gasteiger partial charge >= 0.3 is 0 Å². The van der Waals surface area contributed by atoms with Gasteiger partial charge in [-0.3, -0.25) is 0 Å². The van der Waals surface area contributed by atoms with Gasteiger partial charge in [0.15, 0.2) is 0 Å². The molecular weight excluding hydrogens is 220 g/mol. The van der Waals surface area contributed by atoms with Gasteiger partial charge in [0.05, 0.1) is 5.69 Å². The van der Waals surface area contributed by atoms with E-state index in [0.717, 1.165) is 37.7 Å². The van der Waals surface area contributed by atoms with Gasteiger partial charge in [-0.05, 0) is 7.05 Å². The average Bonchev–Trinajstić information content (AvgIpc) is 2.78. The van der Waals surface area contributed by atoms with Gasteiger partial charge < -0.3 is 9.80 Å². The van der Waals surface area contributed by atoms with E-state index in [1.54, 1.807) is 6.33 Å². The lowest BCUT2D eigenvalue weighted by Crippen LogP contribution is -2.45. The second-order valence-electron chi connectivity index (χ2n) is 4.41. The van der Waals surface area contributed by atoms with Crippen LogP contribution in [-0.2, 0) is 11.5 Å². The summed E-state index contributed by atoms with van der Waals surface area (Å²) in [6, 6.07) is 0. The monoisotopic (exact) mass is 236 g/mol. The topological polar surface area (TPSA) is 32.3 Å². The maximum atomic E-state index is 4.48. The lowest BCUT2D eigenvalue weighted by atomic mass is 10.2. The molecule has 0 aliphatic carbocycles. The Balaban J connectivity index is 1.87. The summed E-state index contributed by atoms with van der Waals surface area (Å²) < 4.78 is 0. The molecule has 1 fully saturated rings. The van der Waals surface area contributed by atoms with Crippen LogP contribution in [0.3, 0.4) is 0 Å². The molecule has 1 saturated heterocycles. The fraction of sp³-hybridized carbons (Fsp3) is 0.636. The zero-order valence-electron chi connectivity index (χ0n) is 9.52. The highest BCUT2D eigenvalue weighted by Crippen LogP contribution is 2.33. The fourth-order valence-corrected chi connectivity index (χ4v) is 3.29. The molecule has 0 bridgehead atoms. The van der Waals surface area contributed by atoms with Crippen molar-refractivity contribution >= 4 is 17.6 Å². The number of hydrogen-bond donors (Lipinski definition) is 0. The average molecular weight is 236 g/mol. The first-order chi connectivity index (χ1) is 7.84. The quantitative estimate of drug-likeness (QED) is 0.725. The molecule has 3 rings (SSSR count). The number of thioether (sulfide) groups is 1. The van der Waals surface area contributed by atoms with Crippen LogP contribution in [0, 0.1) is 0 Å². The fourth-order valence-electron chi connectivity index (χ4n) is 2.25. The third-order valence-corrected chi connectivity index (χ3v) is 4.27. The van der Waals surface area contributed by atoms with Crippen molar-refractivity contribution < 1.29 is 0 Å². The van der Waals surface area contributed by atoms with Gasteiger partial charge in [0, 0.05) is 43.2 Å². The Morgan fingerprint density at radius 3 is 2.75 bits per heavy atom. The van der Waals surface area contributed by atoms with E-state index >= 15 is 0 Å². The molecule has 3 heterocycles. The van der Waals surface area contributed by atoms with Crippen LogP contribution in [0.25, 0.3) is 0 Å². The third-order valence-electron chi connectivity index (χ3n) is 3.30. The van der Waals surface area contributed by atoms with Gasteiger partial charge in [0.2, 0.25) is 0 Å². The summed E-state index contributed by atoms with van der Waals surface area (Å²) in [5.74, 6) is 3.32. The van der Waals surface area contributed by atoms with Crippen molar-refractivity contribution in [3.8, 4) is 0 Å². The first kappa shape index (κ1) is 10.4. The predicted molar refractivity (Wildman–Crippen MR) is 66.7 cm³/mol. The minimum Gasteiger partial charge on any atom is -0.354 e. The zero-order chi connectivity index (χ0) is 11.0. The summed E-state index contributed by atoms with van der Waals surface area (Å²) in [5, 5.41) is 0. The second-order valence-corrected chi connectivity index (χ2v) is 5.39. The number of hydrogen-bond acceptors (Lipinski definition) is 5. The minimum absolute atomic E-state index is 1.05. The van der Waals surface area contributed by atoms with E-state index in [-0.39, 0.29) is 0 Å². The standard InChI is InChI=1S/C11H16N4S/c1-14-2-4-15(5-3-14)11-9-6-16-7-10(9)12-8-13-11/h8H,2-7H2,1H3. The maximum Gasteiger partial charge on any atom is 0.136 e. The predicted octanol–water partition coefficient (Wildman–Crippen LogP) is 0.975. The van der Waals surface area contributed by atoms with E-state index in [9.17, 15) is 0 Å². The van der Waals surface area contributed by atoms with E-state index < -0.39 is 0 Å². The molecule has 4 nitrogen and oxygen atoms in total. The van der Waals surface area contributed by atoms with Crippen LogP contribution in [-0.4, -0.2) is 48.1 Å². The Hall–Kier alpha value is -0.810. The van der Waals surface area contributed by atoms with Crippen LogP contribution in [0.15, 0.2) is 6.33 Å². The molecule has 0 saturated carbocycles. The lowest BCUT2D eigenvalue weighted by Gasteiger charge is -2.34. The summed E-state index contributed by atoms with van der Waals surface area (Å²) in [7, 11) is 2.18. The molecule has 5 heteroatoms. The summed E-state index contributed by atoms with van der Waals surface area (Å²) in [4.78, 5) is 13.6. The SMILES string of the molecule is CN1CCN(c2ncnc3c2CSC3)CC1. The van der Waals surface area contributed by atoms with Crippen LogP contribution in [0.5, 0.6) is 0 Å². The first-order valence-corrected chi connectivity index (χ1v) is 6.84. The van der Waals surface area contributed by atoms with Crippen LogP contribution in [0.4, 0.5) is 5.82 Å². The number of likely N-dealkylation sites (N-methyl/N-ethyl adjacent to an activating group) is 1. The molecule has 16 heavy (non-hydrogen) atoms. The van der Waals surface area contributed by atoms with Crippen molar-refractivity contribution in [2.45, 2.75) is 11.5 Å². The van der Waals surface area contributed by atoms with Gasteiger partial charge in [0.1, 0.15) is 12.1 Å². The Kier molecular flexibility index (Phi) is 2.73. The van der Waals surface area contributed by atoms with Crippen molar-refractivity contribution in [1.82, 2.24) is 14.9 Å². The highest BCUT2D eigenvalue weighted by atomic mass is 32.2. The van der Waals surface area contributed by atoms with Crippen molar-refractivity contribution in [2.75, 3.05) is 38.1 Å². The van der Waals surface area contributed by atoms with E-state index in [2.05, 4.69) is 26.8 Å². The normalized spacial score (nSPS) is 21.2. The molecule has 0 spiro atoms. The van der Waals surface area contributed by atoms with Crippen LogP contribution in [0.2, 0.25) is 0 Å². The van der Waals surface area contributed by atoms with E-state index in [1.165, 1.54) is 17.1 Å². The van der Waals surface area contributed by atoms with Crippen molar-refractivity contribution in [2.24, 2.45) is 0 Å². The molecular formula is C11H16N4S. The highest BCUT2D eigenvalue weighted by molar-refractivity contribution is 7.98. The molecule has 0 amide bonds. The molecule has 2 aliphatic rings. The summed E-state index contributed by atoms with van der Waals surface area (Å²) in [6.45, 7) is 4.44.